The van der Waals surface area contributed by atoms with Gasteiger partial charge in [0.1, 0.15) is 6.04 Å². The number of carboxylic acid groups (broad SMARTS) is 1. The molecule has 1 saturated heterocycles. The lowest BCUT2D eigenvalue weighted by molar-refractivity contribution is -0.142. The Balaban J connectivity index is 2.08. The first kappa shape index (κ1) is 15.7. The van der Waals surface area contributed by atoms with E-state index in [0.29, 0.717) is 6.42 Å². The van der Waals surface area contributed by atoms with Gasteiger partial charge in [-0.05, 0) is 44.4 Å². The predicted molar refractivity (Wildman–Crippen MR) is 89.4 cm³/mol. The smallest absolute Gasteiger partial charge is 0.320 e. The SMILES string of the molecule is Cc1cccc(C(c2cccc(C)n2)N2CCCC2C(=O)O)c1. The molecule has 120 valence electrons. The van der Waals surface area contributed by atoms with E-state index >= 15 is 0 Å². The van der Waals surface area contributed by atoms with Crippen LogP contribution >= 0.6 is 0 Å². The molecular weight excluding hydrogens is 288 g/mol. The number of pyridine rings is 1. The van der Waals surface area contributed by atoms with Crippen LogP contribution < -0.4 is 0 Å². The summed E-state index contributed by atoms with van der Waals surface area (Å²) < 4.78 is 0. The first-order valence-electron chi connectivity index (χ1n) is 8.05. The molecule has 0 bridgehead atoms. The van der Waals surface area contributed by atoms with E-state index < -0.39 is 12.0 Å². The van der Waals surface area contributed by atoms with Gasteiger partial charge in [0.25, 0.3) is 0 Å². The summed E-state index contributed by atoms with van der Waals surface area (Å²) >= 11 is 0. The van der Waals surface area contributed by atoms with Crippen molar-refractivity contribution in [3.8, 4) is 0 Å². The zero-order chi connectivity index (χ0) is 16.4. The van der Waals surface area contributed by atoms with Crippen LogP contribution in [0.1, 0.15) is 41.4 Å². The summed E-state index contributed by atoms with van der Waals surface area (Å²) in [5.41, 5.74) is 4.15. The van der Waals surface area contributed by atoms with Gasteiger partial charge in [0, 0.05) is 12.2 Å². The average molecular weight is 310 g/mol. The van der Waals surface area contributed by atoms with E-state index in [1.165, 1.54) is 5.56 Å². The molecule has 0 amide bonds. The first-order valence-corrected chi connectivity index (χ1v) is 8.05. The highest BCUT2D eigenvalue weighted by atomic mass is 16.4. The van der Waals surface area contributed by atoms with E-state index in [2.05, 4.69) is 35.0 Å². The van der Waals surface area contributed by atoms with Crippen LogP contribution in [0.2, 0.25) is 0 Å². The van der Waals surface area contributed by atoms with Crippen LogP contribution in [0.15, 0.2) is 42.5 Å². The Hall–Kier alpha value is -2.20. The molecule has 1 aromatic carbocycles. The summed E-state index contributed by atoms with van der Waals surface area (Å²) in [5.74, 6) is -0.743. The quantitative estimate of drug-likeness (QED) is 0.941. The van der Waals surface area contributed by atoms with Crippen molar-refractivity contribution in [3.05, 3.63) is 65.0 Å². The standard InChI is InChI=1S/C19H22N2O2/c1-13-6-3-8-15(12-13)18(16-9-4-7-14(2)20-16)21-11-5-10-17(21)19(22)23/h3-4,6-9,12,17-18H,5,10-11H2,1-2H3,(H,22,23). The molecule has 2 aromatic rings. The van der Waals surface area contributed by atoms with Crippen LogP contribution in [-0.4, -0.2) is 33.5 Å². The van der Waals surface area contributed by atoms with Crippen LogP contribution in [0.4, 0.5) is 0 Å². The highest BCUT2D eigenvalue weighted by Crippen LogP contribution is 2.34. The molecule has 3 rings (SSSR count). The van der Waals surface area contributed by atoms with Crippen molar-refractivity contribution in [1.29, 1.82) is 0 Å². The third-order valence-electron chi connectivity index (χ3n) is 4.46. The van der Waals surface area contributed by atoms with Crippen LogP contribution in [-0.2, 0) is 4.79 Å². The van der Waals surface area contributed by atoms with Crippen molar-refractivity contribution in [2.75, 3.05) is 6.54 Å². The lowest BCUT2D eigenvalue weighted by Crippen LogP contribution is -2.39. The fraction of sp³-hybridized carbons (Fsp3) is 0.368. The minimum atomic E-state index is -0.743. The molecular formula is C19H22N2O2. The Kier molecular flexibility index (Phi) is 4.44. The number of aromatic nitrogens is 1. The van der Waals surface area contributed by atoms with E-state index in [1.807, 2.05) is 31.2 Å². The molecule has 2 atom stereocenters. The number of rotatable bonds is 4. The first-order chi connectivity index (χ1) is 11.1. The largest absolute Gasteiger partial charge is 0.480 e. The average Bonchev–Trinajstić information content (AvgIpc) is 2.97. The lowest BCUT2D eigenvalue weighted by Gasteiger charge is -2.31. The summed E-state index contributed by atoms with van der Waals surface area (Å²) in [6.07, 6.45) is 1.61. The van der Waals surface area contributed by atoms with E-state index in [-0.39, 0.29) is 6.04 Å². The van der Waals surface area contributed by atoms with Crippen LogP contribution in [0.5, 0.6) is 0 Å². The van der Waals surface area contributed by atoms with E-state index in [4.69, 9.17) is 0 Å². The number of carboxylic acids is 1. The fourth-order valence-corrected chi connectivity index (χ4v) is 3.45. The second kappa shape index (κ2) is 6.50. The molecule has 4 heteroatoms. The van der Waals surface area contributed by atoms with Gasteiger partial charge in [-0.2, -0.15) is 0 Å². The third kappa shape index (κ3) is 3.27. The molecule has 1 aliphatic rings. The maximum absolute atomic E-state index is 11.7. The van der Waals surface area contributed by atoms with Gasteiger partial charge in [-0.25, -0.2) is 0 Å². The number of likely N-dealkylation sites (tertiary alicyclic amines) is 1. The molecule has 0 spiro atoms. The Morgan fingerprint density at radius 2 is 2.04 bits per heavy atom. The topological polar surface area (TPSA) is 53.4 Å². The van der Waals surface area contributed by atoms with Crippen LogP contribution in [0.3, 0.4) is 0 Å². The highest BCUT2D eigenvalue weighted by Gasteiger charge is 2.37. The van der Waals surface area contributed by atoms with Crippen molar-refractivity contribution in [2.45, 2.75) is 38.8 Å². The van der Waals surface area contributed by atoms with Gasteiger partial charge in [0.05, 0.1) is 11.7 Å². The number of aryl methyl sites for hydroxylation is 2. The predicted octanol–water partition coefficient (Wildman–Crippen LogP) is 3.34. The summed E-state index contributed by atoms with van der Waals surface area (Å²) in [4.78, 5) is 18.4. The minimum absolute atomic E-state index is 0.113. The van der Waals surface area contributed by atoms with Gasteiger partial charge in [-0.1, -0.05) is 35.9 Å². The fourth-order valence-electron chi connectivity index (χ4n) is 3.45. The number of nitrogens with zero attached hydrogens (tertiary/aromatic N) is 2. The van der Waals surface area contributed by atoms with Gasteiger partial charge in [0.15, 0.2) is 0 Å². The van der Waals surface area contributed by atoms with Crippen LogP contribution in [0, 0.1) is 13.8 Å². The molecule has 1 fully saturated rings. The molecule has 1 N–H and O–H groups in total. The minimum Gasteiger partial charge on any atom is -0.480 e. The molecule has 1 aliphatic heterocycles. The number of carbonyl (C=O) groups is 1. The van der Waals surface area contributed by atoms with Gasteiger partial charge >= 0.3 is 5.97 Å². The maximum atomic E-state index is 11.7. The van der Waals surface area contributed by atoms with Gasteiger partial charge in [0.2, 0.25) is 0 Å². The Bertz CT molecular complexity index is 669. The maximum Gasteiger partial charge on any atom is 0.320 e. The van der Waals surface area contributed by atoms with Crippen molar-refractivity contribution in [3.63, 3.8) is 0 Å². The van der Waals surface area contributed by atoms with Crippen molar-refractivity contribution >= 4 is 5.97 Å². The summed E-state index contributed by atoms with van der Waals surface area (Å²) in [6, 6.07) is 13.7. The number of hydrogen-bond donors (Lipinski definition) is 1. The zero-order valence-corrected chi connectivity index (χ0v) is 13.6. The van der Waals surface area contributed by atoms with E-state index in [0.717, 1.165) is 29.9 Å². The lowest BCUT2D eigenvalue weighted by atomic mass is 9.98. The Labute approximate surface area is 136 Å². The summed E-state index contributed by atoms with van der Waals surface area (Å²) in [7, 11) is 0. The van der Waals surface area contributed by atoms with Gasteiger partial charge in [-0.3, -0.25) is 14.7 Å². The van der Waals surface area contributed by atoms with E-state index in [9.17, 15) is 9.90 Å². The molecule has 1 aromatic heterocycles. The molecule has 4 nitrogen and oxygen atoms in total. The summed E-state index contributed by atoms with van der Waals surface area (Å²) in [5, 5.41) is 9.57. The summed E-state index contributed by atoms with van der Waals surface area (Å²) in [6.45, 7) is 4.81. The Morgan fingerprint density at radius 1 is 1.26 bits per heavy atom. The van der Waals surface area contributed by atoms with Gasteiger partial charge < -0.3 is 5.11 Å². The Morgan fingerprint density at radius 3 is 2.74 bits per heavy atom. The number of hydrogen-bond acceptors (Lipinski definition) is 3. The molecule has 23 heavy (non-hydrogen) atoms. The second-order valence-corrected chi connectivity index (χ2v) is 6.25. The third-order valence-corrected chi connectivity index (χ3v) is 4.46. The second-order valence-electron chi connectivity index (χ2n) is 6.25. The monoisotopic (exact) mass is 310 g/mol. The number of aliphatic carboxylic acids is 1. The number of benzene rings is 1. The normalized spacial score (nSPS) is 19.7. The van der Waals surface area contributed by atoms with E-state index in [1.54, 1.807) is 0 Å². The molecule has 0 saturated carbocycles. The highest BCUT2D eigenvalue weighted by molar-refractivity contribution is 5.74. The molecule has 0 radical (unpaired) electrons. The van der Waals surface area contributed by atoms with Gasteiger partial charge in [-0.15, -0.1) is 0 Å². The molecule has 0 aliphatic carbocycles. The van der Waals surface area contributed by atoms with Crippen molar-refractivity contribution in [1.82, 2.24) is 9.88 Å². The van der Waals surface area contributed by atoms with Crippen LogP contribution in [0.25, 0.3) is 0 Å². The zero-order valence-electron chi connectivity index (χ0n) is 13.6. The molecule has 2 unspecified atom stereocenters. The van der Waals surface area contributed by atoms with Crippen molar-refractivity contribution in [2.24, 2.45) is 0 Å². The molecule has 2 heterocycles. The van der Waals surface area contributed by atoms with Crippen molar-refractivity contribution < 1.29 is 9.90 Å².